The van der Waals surface area contributed by atoms with Gasteiger partial charge in [0.15, 0.2) is 17.0 Å². The Morgan fingerprint density at radius 2 is 1.40 bits per heavy atom. The van der Waals surface area contributed by atoms with E-state index in [0.29, 0.717) is 0 Å². The maximum Gasteiger partial charge on any atom is 0.371 e. The molecule has 18 heteroatoms. The van der Waals surface area contributed by atoms with E-state index in [1.165, 1.54) is 36.4 Å². The predicted molar refractivity (Wildman–Crippen MR) is 203 cm³/mol. The number of ether oxygens (including phenoxy) is 3. The van der Waals surface area contributed by atoms with Crippen LogP contribution in [0.25, 0.3) is 21.9 Å². The predicted octanol–water partition coefficient (Wildman–Crippen LogP) is 3.16. The molecule has 5 N–H and O–H groups in total. The minimum Gasteiger partial charge on any atom is -0.489 e. The van der Waals surface area contributed by atoms with Crippen LogP contribution in [0.15, 0.2) is 97.3 Å². The first-order valence-electron chi connectivity index (χ1n) is 17.2. The van der Waals surface area contributed by atoms with Gasteiger partial charge in [-0.05, 0) is 43.7 Å². The molecule has 0 spiro atoms. The molecule has 2 aliphatic heterocycles. The lowest BCUT2D eigenvalue weighted by Gasteiger charge is -2.41. The molecule has 2 fully saturated rings. The number of amides is 2. The van der Waals surface area contributed by atoms with E-state index in [4.69, 9.17) is 39.0 Å². The minimum absolute atomic E-state index is 0.00540. The molecule has 5 aromatic rings. The first kappa shape index (κ1) is 40.0. The number of nitrogens with one attached hydrogen (secondary N) is 1. The maximum absolute atomic E-state index is 12.4. The highest BCUT2D eigenvalue weighted by molar-refractivity contribution is 8.01. The number of carbonyl (C=O) groups is 5. The number of nitrogens with zero attached hydrogens (tertiary/aromatic N) is 1. The Balaban J connectivity index is 0.000000221. The van der Waals surface area contributed by atoms with Gasteiger partial charge in [-0.1, -0.05) is 42.5 Å². The van der Waals surface area contributed by atoms with Gasteiger partial charge in [0, 0.05) is 23.4 Å². The number of carboxylic acids is 2. The number of nitrogens with two attached hydrogens (primary N) is 1. The quantitative estimate of drug-likeness (QED) is 0.0985. The standard InChI is InChI=1S/C24H16O12.C15H19N3O2S/c25-11-34-12(9-32-15-3-1-5-17-21(15)13(26)7-19(35-17)23(28)29)10-33-16-4-2-6-18-22(16)14(27)8-20(36-18)24(30)31;1-15(2)8-18-13(20)11(14(18)21-15)17-12(19)10(16)9-6-4-3-5-7-9/h1-8,11-12H,9-10H2,(H,28,29)(H,30,31);3-7,10-11,14H,8,16H2,1-2H3,(H,17,19). The average molecular weight is 802 g/mol. The summed E-state index contributed by atoms with van der Waals surface area (Å²) in [6.45, 7) is 4.57. The molecule has 2 saturated heterocycles. The molecule has 7 rings (SSSR count). The molecule has 0 bridgehead atoms. The summed E-state index contributed by atoms with van der Waals surface area (Å²) in [5.41, 5.74) is 5.40. The third-order valence-corrected chi connectivity index (χ3v) is 10.4. The molecule has 57 heavy (non-hydrogen) atoms. The van der Waals surface area contributed by atoms with Gasteiger partial charge in [-0.2, -0.15) is 0 Å². The first-order chi connectivity index (χ1) is 27.2. The monoisotopic (exact) mass is 801 g/mol. The average Bonchev–Trinajstić information content (AvgIpc) is 3.48. The van der Waals surface area contributed by atoms with Crippen LogP contribution in [0.4, 0.5) is 0 Å². The van der Waals surface area contributed by atoms with E-state index in [2.05, 4.69) is 19.2 Å². The summed E-state index contributed by atoms with van der Waals surface area (Å²) in [6.07, 6.45) is -0.997. The van der Waals surface area contributed by atoms with Crippen molar-refractivity contribution in [2.24, 2.45) is 5.73 Å². The van der Waals surface area contributed by atoms with Crippen LogP contribution >= 0.6 is 11.8 Å². The number of benzene rings is 3. The Labute approximate surface area is 326 Å². The van der Waals surface area contributed by atoms with Crippen LogP contribution in [-0.2, 0) is 19.1 Å². The topological polar surface area (TPSA) is 255 Å². The second kappa shape index (κ2) is 16.6. The van der Waals surface area contributed by atoms with Crippen molar-refractivity contribution >= 4 is 63.9 Å². The van der Waals surface area contributed by atoms with Gasteiger partial charge >= 0.3 is 11.9 Å². The Kier molecular flexibility index (Phi) is 11.7. The minimum atomic E-state index is -1.40. The number of rotatable bonds is 13. The van der Waals surface area contributed by atoms with Crippen LogP contribution < -0.4 is 31.4 Å². The lowest BCUT2D eigenvalue weighted by Crippen LogP contribution is -2.67. The molecule has 0 radical (unpaired) electrons. The lowest BCUT2D eigenvalue weighted by atomic mass is 10.0. The van der Waals surface area contributed by atoms with Crippen molar-refractivity contribution in [3.63, 3.8) is 0 Å². The van der Waals surface area contributed by atoms with Gasteiger partial charge in [0.1, 0.15) is 64.1 Å². The van der Waals surface area contributed by atoms with E-state index < -0.39 is 52.5 Å². The zero-order chi connectivity index (χ0) is 41.0. The molecule has 4 heterocycles. The lowest BCUT2D eigenvalue weighted by molar-refractivity contribution is -0.148. The van der Waals surface area contributed by atoms with Crippen molar-refractivity contribution in [3.8, 4) is 11.5 Å². The Morgan fingerprint density at radius 3 is 1.89 bits per heavy atom. The fourth-order valence-corrected chi connectivity index (χ4v) is 7.66. The van der Waals surface area contributed by atoms with Crippen molar-refractivity contribution in [1.82, 2.24) is 10.2 Å². The molecule has 0 aliphatic carbocycles. The van der Waals surface area contributed by atoms with E-state index in [9.17, 15) is 33.6 Å². The van der Waals surface area contributed by atoms with Crippen LogP contribution in [0.1, 0.15) is 46.6 Å². The molecular formula is C39H35N3O14S. The molecule has 2 aromatic heterocycles. The highest BCUT2D eigenvalue weighted by atomic mass is 32.2. The van der Waals surface area contributed by atoms with E-state index in [1.807, 2.05) is 35.2 Å². The van der Waals surface area contributed by atoms with Gasteiger partial charge in [0.05, 0.1) is 0 Å². The second-order valence-corrected chi connectivity index (χ2v) is 15.2. The van der Waals surface area contributed by atoms with Gasteiger partial charge in [-0.25, -0.2) is 9.59 Å². The van der Waals surface area contributed by atoms with Crippen LogP contribution in [-0.4, -0.2) is 87.4 Å². The number of hydrogen-bond donors (Lipinski definition) is 4. The molecule has 3 unspecified atom stereocenters. The molecule has 17 nitrogen and oxygen atoms in total. The zero-order valence-electron chi connectivity index (χ0n) is 30.2. The summed E-state index contributed by atoms with van der Waals surface area (Å²) >= 11 is 1.73. The number of fused-ring (bicyclic) bond motifs is 3. The van der Waals surface area contributed by atoms with Crippen LogP contribution in [0.2, 0.25) is 0 Å². The largest absolute Gasteiger partial charge is 0.489 e. The van der Waals surface area contributed by atoms with Crippen LogP contribution in [0.5, 0.6) is 11.5 Å². The summed E-state index contributed by atoms with van der Waals surface area (Å²) in [5, 5.41) is 21.0. The van der Waals surface area contributed by atoms with Crippen molar-refractivity contribution in [1.29, 1.82) is 0 Å². The van der Waals surface area contributed by atoms with Crippen molar-refractivity contribution in [2.45, 2.75) is 42.2 Å². The Morgan fingerprint density at radius 1 is 0.877 bits per heavy atom. The molecule has 0 saturated carbocycles. The normalized spacial score (nSPS) is 17.1. The SMILES string of the molecule is CC1(C)CN2C(=O)C(NC(=O)C(N)c3ccccc3)C2S1.O=COC(COc1cccc2oc(C(=O)O)cc(=O)c12)COc1cccc2oc(C(=O)O)cc(=O)c12. The summed E-state index contributed by atoms with van der Waals surface area (Å²) in [4.78, 5) is 84.3. The second-order valence-electron chi connectivity index (χ2n) is 13.4. The van der Waals surface area contributed by atoms with Crippen molar-refractivity contribution < 1.29 is 57.2 Å². The first-order valence-corrected chi connectivity index (χ1v) is 18.1. The molecule has 3 atom stereocenters. The number of hydrogen-bond acceptors (Lipinski definition) is 14. The molecule has 2 aliphatic rings. The van der Waals surface area contributed by atoms with E-state index >= 15 is 0 Å². The summed E-state index contributed by atoms with van der Waals surface area (Å²) in [6, 6.07) is 18.3. The third kappa shape index (κ3) is 8.76. The molecular weight excluding hydrogens is 767 g/mol. The number of carboxylic acid groups (broad SMARTS) is 2. The summed E-state index contributed by atoms with van der Waals surface area (Å²) < 4.78 is 26.7. The van der Waals surface area contributed by atoms with E-state index in [1.54, 1.807) is 11.8 Å². The Hall–Kier alpha value is -6.66. The van der Waals surface area contributed by atoms with Crippen molar-refractivity contribution in [3.05, 3.63) is 116 Å². The Bertz CT molecular complexity index is 2370. The molecule has 2 amide bonds. The molecule has 3 aromatic carbocycles. The van der Waals surface area contributed by atoms with Gasteiger partial charge in [-0.3, -0.25) is 24.0 Å². The summed E-state index contributed by atoms with van der Waals surface area (Å²) in [5.74, 6) is -4.06. The van der Waals surface area contributed by atoms with Gasteiger partial charge in [0.2, 0.25) is 23.3 Å². The fraction of sp³-hybridized carbons (Fsp3) is 0.256. The maximum atomic E-state index is 12.4. The van der Waals surface area contributed by atoms with E-state index in [0.717, 1.165) is 24.2 Å². The third-order valence-electron chi connectivity index (χ3n) is 8.82. The number of carbonyl (C=O) groups excluding carboxylic acids is 3. The van der Waals surface area contributed by atoms with Crippen molar-refractivity contribution in [2.75, 3.05) is 19.8 Å². The van der Waals surface area contributed by atoms with Crippen LogP contribution in [0.3, 0.4) is 0 Å². The zero-order valence-corrected chi connectivity index (χ0v) is 31.1. The van der Waals surface area contributed by atoms with Crippen LogP contribution in [0, 0.1) is 0 Å². The van der Waals surface area contributed by atoms with Gasteiger partial charge in [0.25, 0.3) is 6.47 Å². The van der Waals surface area contributed by atoms with Gasteiger partial charge < -0.3 is 49.2 Å². The van der Waals surface area contributed by atoms with E-state index in [-0.39, 0.29) is 75.1 Å². The smallest absolute Gasteiger partial charge is 0.371 e. The molecule has 296 valence electrons. The number of β-lactam (4-membered cyclic amide) rings is 1. The van der Waals surface area contributed by atoms with Gasteiger partial charge in [-0.15, -0.1) is 11.8 Å². The highest BCUT2D eigenvalue weighted by Gasteiger charge is 2.56. The fourth-order valence-electron chi connectivity index (χ4n) is 6.16. The number of aromatic carboxylic acids is 2. The summed E-state index contributed by atoms with van der Waals surface area (Å²) in [7, 11) is 0. The highest BCUT2D eigenvalue weighted by Crippen LogP contribution is 2.46. The number of thioether (sulfide) groups is 1.